The molecule has 0 saturated heterocycles. The van der Waals surface area contributed by atoms with Crippen LogP contribution in [0.3, 0.4) is 0 Å². The summed E-state index contributed by atoms with van der Waals surface area (Å²) in [5, 5.41) is 7.36. The smallest absolute Gasteiger partial charge is 0.252 e. The number of benzene rings is 2. The zero-order chi connectivity index (χ0) is 19.7. The Morgan fingerprint density at radius 1 is 1.11 bits per heavy atom. The Kier molecular flexibility index (Phi) is 4.57. The Morgan fingerprint density at radius 3 is 2.57 bits per heavy atom. The first-order valence-electron chi connectivity index (χ1n) is 8.78. The van der Waals surface area contributed by atoms with Gasteiger partial charge in [-0.25, -0.2) is 9.37 Å². The number of aryl methyl sites for hydroxylation is 1. The molecule has 0 spiro atoms. The van der Waals surface area contributed by atoms with E-state index >= 15 is 0 Å². The largest absolute Gasteiger partial charge is 0.340 e. The molecule has 0 saturated carbocycles. The van der Waals surface area contributed by atoms with Gasteiger partial charge in [0.2, 0.25) is 5.89 Å². The second-order valence-corrected chi connectivity index (χ2v) is 6.45. The molecule has 0 aliphatic rings. The van der Waals surface area contributed by atoms with Gasteiger partial charge in [-0.3, -0.25) is 4.79 Å². The van der Waals surface area contributed by atoms with Crippen molar-refractivity contribution in [3.8, 4) is 11.3 Å². The van der Waals surface area contributed by atoms with Crippen LogP contribution in [0.4, 0.5) is 4.39 Å². The van der Waals surface area contributed by atoms with E-state index in [-0.39, 0.29) is 11.7 Å². The van der Waals surface area contributed by atoms with Crippen LogP contribution in [0.1, 0.15) is 35.0 Å². The number of amides is 1. The maximum Gasteiger partial charge on any atom is 0.252 e. The fourth-order valence-electron chi connectivity index (χ4n) is 2.96. The number of halogens is 1. The van der Waals surface area contributed by atoms with Gasteiger partial charge in [0.15, 0.2) is 5.82 Å². The molecule has 28 heavy (non-hydrogen) atoms. The minimum atomic E-state index is -0.449. The highest BCUT2D eigenvalue weighted by Crippen LogP contribution is 2.25. The molecule has 1 atom stereocenters. The molecule has 2 heterocycles. The standard InChI is InChI=1S/C21H17FN4O2/c1-12(21-24-13(2)26-28-21)23-20(27)17-11-19(14-7-9-15(22)10-8-14)25-18-6-4-3-5-16(17)18/h3-12H,1-2H3,(H,23,27). The van der Waals surface area contributed by atoms with E-state index in [1.165, 1.54) is 12.1 Å². The number of carbonyl (C=O) groups is 1. The predicted octanol–water partition coefficient (Wildman–Crippen LogP) is 4.22. The monoisotopic (exact) mass is 376 g/mol. The lowest BCUT2D eigenvalue weighted by Gasteiger charge is -2.13. The average Bonchev–Trinajstić information content (AvgIpc) is 3.14. The minimum Gasteiger partial charge on any atom is -0.340 e. The van der Waals surface area contributed by atoms with Crippen LogP contribution in [0.2, 0.25) is 0 Å². The zero-order valence-corrected chi connectivity index (χ0v) is 15.3. The predicted molar refractivity (Wildman–Crippen MR) is 102 cm³/mol. The summed E-state index contributed by atoms with van der Waals surface area (Å²) in [6.07, 6.45) is 0. The Morgan fingerprint density at radius 2 is 1.86 bits per heavy atom. The van der Waals surface area contributed by atoms with Gasteiger partial charge in [0.1, 0.15) is 11.9 Å². The van der Waals surface area contributed by atoms with Gasteiger partial charge < -0.3 is 9.84 Å². The number of pyridine rings is 1. The first kappa shape index (κ1) is 17.8. The van der Waals surface area contributed by atoms with Crippen molar-refractivity contribution >= 4 is 16.8 Å². The van der Waals surface area contributed by atoms with Crippen molar-refractivity contribution in [2.45, 2.75) is 19.9 Å². The summed E-state index contributed by atoms with van der Waals surface area (Å²) in [6, 6.07) is 14.6. The van der Waals surface area contributed by atoms with Crippen LogP contribution in [0.25, 0.3) is 22.2 Å². The van der Waals surface area contributed by atoms with E-state index in [9.17, 15) is 9.18 Å². The third-order valence-corrected chi connectivity index (χ3v) is 4.36. The van der Waals surface area contributed by atoms with Crippen LogP contribution in [0.5, 0.6) is 0 Å². The van der Waals surface area contributed by atoms with Crippen LogP contribution in [0, 0.1) is 12.7 Å². The van der Waals surface area contributed by atoms with E-state index in [0.717, 1.165) is 10.9 Å². The molecule has 1 N–H and O–H groups in total. The second-order valence-electron chi connectivity index (χ2n) is 6.45. The molecule has 4 rings (SSSR count). The molecule has 2 aromatic carbocycles. The Hall–Kier alpha value is -3.61. The maximum atomic E-state index is 13.3. The molecule has 1 unspecified atom stereocenters. The van der Waals surface area contributed by atoms with Crippen LogP contribution in [-0.4, -0.2) is 21.0 Å². The molecule has 6 nitrogen and oxygen atoms in total. The van der Waals surface area contributed by atoms with Crippen molar-refractivity contribution in [1.29, 1.82) is 0 Å². The lowest BCUT2D eigenvalue weighted by Crippen LogP contribution is -2.27. The highest BCUT2D eigenvalue weighted by Gasteiger charge is 2.19. The molecule has 1 amide bonds. The molecule has 0 radical (unpaired) electrons. The van der Waals surface area contributed by atoms with Gasteiger partial charge in [0.05, 0.1) is 16.8 Å². The molecular formula is C21H17FN4O2. The van der Waals surface area contributed by atoms with E-state index in [0.29, 0.717) is 28.5 Å². The van der Waals surface area contributed by atoms with Crippen molar-refractivity contribution in [3.63, 3.8) is 0 Å². The molecule has 0 bridgehead atoms. The fraction of sp³-hybridized carbons (Fsp3) is 0.143. The molecule has 4 aromatic rings. The van der Waals surface area contributed by atoms with Crippen LogP contribution >= 0.6 is 0 Å². The summed E-state index contributed by atoms with van der Waals surface area (Å²) in [4.78, 5) is 21.8. The summed E-state index contributed by atoms with van der Waals surface area (Å²) >= 11 is 0. The topological polar surface area (TPSA) is 80.9 Å². The number of fused-ring (bicyclic) bond motifs is 1. The third-order valence-electron chi connectivity index (χ3n) is 4.36. The van der Waals surface area contributed by atoms with Crippen LogP contribution in [-0.2, 0) is 0 Å². The van der Waals surface area contributed by atoms with Gasteiger partial charge in [-0.1, -0.05) is 23.4 Å². The molecule has 0 fully saturated rings. The van der Waals surface area contributed by atoms with E-state index < -0.39 is 6.04 Å². The second kappa shape index (κ2) is 7.19. The number of aromatic nitrogens is 3. The Balaban J connectivity index is 1.74. The van der Waals surface area contributed by atoms with Crippen LogP contribution in [0.15, 0.2) is 59.1 Å². The highest BCUT2D eigenvalue weighted by atomic mass is 19.1. The van der Waals surface area contributed by atoms with Gasteiger partial charge in [-0.15, -0.1) is 0 Å². The van der Waals surface area contributed by atoms with Crippen molar-refractivity contribution in [3.05, 3.63) is 77.7 Å². The molecular weight excluding hydrogens is 359 g/mol. The number of carbonyl (C=O) groups excluding carboxylic acids is 1. The van der Waals surface area contributed by atoms with Crippen molar-refractivity contribution < 1.29 is 13.7 Å². The van der Waals surface area contributed by atoms with Gasteiger partial charge in [-0.2, -0.15) is 4.98 Å². The number of nitrogens with zero attached hydrogens (tertiary/aromatic N) is 3. The lowest BCUT2D eigenvalue weighted by atomic mass is 10.0. The summed E-state index contributed by atoms with van der Waals surface area (Å²) in [5.74, 6) is 0.225. The number of hydrogen-bond acceptors (Lipinski definition) is 5. The molecule has 2 aromatic heterocycles. The Labute approximate surface area is 160 Å². The third kappa shape index (κ3) is 3.46. The lowest BCUT2D eigenvalue weighted by molar-refractivity contribution is 0.0934. The van der Waals surface area contributed by atoms with E-state index in [2.05, 4.69) is 20.4 Å². The molecule has 140 valence electrons. The number of rotatable bonds is 4. The molecule has 7 heteroatoms. The van der Waals surface area contributed by atoms with E-state index in [4.69, 9.17) is 4.52 Å². The summed E-state index contributed by atoms with van der Waals surface area (Å²) in [5.41, 5.74) is 2.45. The van der Waals surface area contributed by atoms with Crippen molar-refractivity contribution in [2.75, 3.05) is 0 Å². The summed E-state index contributed by atoms with van der Waals surface area (Å²) in [6.45, 7) is 3.49. The summed E-state index contributed by atoms with van der Waals surface area (Å²) < 4.78 is 18.4. The van der Waals surface area contributed by atoms with Gasteiger partial charge in [0.25, 0.3) is 5.91 Å². The first-order valence-corrected chi connectivity index (χ1v) is 8.78. The quantitative estimate of drug-likeness (QED) is 0.577. The van der Waals surface area contributed by atoms with Gasteiger partial charge >= 0.3 is 0 Å². The zero-order valence-electron chi connectivity index (χ0n) is 15.3. The normalized spacial score (nSPS) is 12.1. The average molecular weight is 376 g/mol. The van der Waals surface area contributed by atoms with E-state index in [1.54, 1.807) is 32.0 Å². The fourth-order valence-corrected chi connectivity index (χ4v) is 2.96. The van der Waals surface area contributed by atoms with Crippen molar-refractivity contribution in [1.82, 2.24) is 20.4 Å². The minimum absolute atomic E-state index is 0.287. The first-order chi connectivity index (χ1) is 13.5. The van der Waals surface area contributed by atoms with Crippen molar-refractivity contribution in [2.24, 2.45) is 0 Å². The Bertz CT molecular complexity index is 1150. The number of nitrogens with one attached hydrogen (secondary N) is 1. The maximum absolute atomic E-state index is 13.3. The number of para-hydroxylation sites is 1. The van der Waals surface area contributed by atoms with Gasteiger partial charge in [0, 0.05) is 10.9 Å². The molecule has 0 aliphatic carbocycles. The summed E-state index contributed by atoms with van der Waals surface area (Å²) in [7, 11) is 0. The number of hydrogen-bond donors (Lipinski definition) is 1. The van der Waals surface area contributed by atoms with Gasteiger partial charge in [-0.05, 0) is 50.2 Å². The van der Waals surface area contributed by atoms with E-state index in [1.807, 2.05) is 24.3 Å². The molecule has 0 aliphatic heterocycles. The SMILES string of the molecule is Cc1noc(C(C)NC(=O)c2cc(-c3ccc(F)cc3)nc3ccccc23)n1. The highest BCUT2D eigenvalue weighted by molar-refractivity contribution is 6.07. The van der Waals surface area contributed by atoms with Crippen LogP contribution < -0.4 is 5.32 Å².